The Labute approximate surface area is 149 Å². The van der Waals surface area contributed by atoms with Crippen molar-refractivity contribution in [1.82, 2.24) is 4.57 Å². The molecule has 1 aromatic heterocycles. The van der Waals surface area contributed by atoms with Crippen LogP contribution in [0.15, 0.2) is 42.5 Å². The van der Waals surface area contributed by atoms with Gasteiger partial charge in [-0.2, -0.15) is 0 Å². The number of aryl methyl sites for hydroxylation is 1. The fourth-order valence-corrected chi connectivity index (χ4v) is 3.10. The first-order chi connectivity index (χ1) is 11.5. The second kappa shape index (κ2) is 6.89. The van der Waals surface area contributed by atoms with Gasteiger partial charge in [-0.25, -0.2) is 9.13 Å². The average molecular weight is 367 g/mol. The van der Waals surface area contributed by atoms with Crippen LogP contribution in [0.3, 0.4) is 0 Å². The molecule has 1 atom stereocenters. The zero-order valence-electron chi connectivity index (χ0n) is 13.1. The number of hydrogen-bond acceptors (Lipinski definition) is 3. The van der Waals surface area contributed by atoms with Gasteiger partial charge in [-0.1, -0.05) is 35.3 Å². The molecule has 3 rings (SSSR count). The molecule has 7 heteroatoms. The third-order valence-corrected chi connectivity index (χ3v) is 4.40. The van der Waals surface area contributed by atoms with Gasteiger partial charge in [0.05, 0.1) is 12.1 Å². The fourth-order valence-electron chi connectivity index (χ4n) is 2.64. The van der Waals surface area contributed by atoms with Gasteiger partial charge >= 0.3 is 5.95 Å². The van der Waals surface area contributed by atoms with Crippen molar-refractivity contribution >= 4 is 40.2 Å². The highest BCUT2D eigenvalue weighted by atomic mass is 35.5. The first-order valence-electron chi connectivity index (χ1n) is 7.46. The van der Waals surface area contributed by atoms with Gasteiger partial charge in [0.1, 0.15) is 36.0 Å². The Morgan fingerprint density at radius 3 is 2.75 bits per heavy atom. The Morgan fingerprint density at radius 2 is 2.00 bits per heavy atom. The number of halogens is 2. The maximum atomic E-state index is 10.3. The van der Waals surface area contributed by atoms with E-state index in [4.69, 9.17) is 33.7 Å². The van der Waals surface area contributed by atoms with Crippen LogP contribution in [0.5, 0.6) is 5.75 Å². The van der Waals surface area contributed by atoms with Crippen molar-refractivity contribution < 1.29 is 14.4 Å². The fraction of sp³-hybridized carbons (Fsp3) is 0.235. The molecule has 126 valence electrons. The molecule has 1 heterocycles. The molecule has 0 radical (unpaired) electrons. The van der Waals surface area contributed by atoms with Gasteiger partial charge in [-0.05, 0) is 30.3 Å². The summed E-state index contributed by atoms with van der Waals surface area (Å²) in [6.45, 7) is 0.412. The van der Waals surface area contributed by atoms with Crippen molar-refractivity contribution in [2.75, 3.05) is 12.3 Å². The van der Waals surface area contributed by atoms with Crippen LogP contribution in [0.25, 0.3) is 11.0 Å². The van der Waals surface area contributed by atoms with Crippen molar-refractivity contribution in [3.05, 3.63) is 52.5 Å². The van der Waals surface area contributed by atoms with Crippen LogP contribution < -0.4 is 15.0 Å². The number of anilines is 1. The second-order valence-corrected chi connectivity index (χ2v) is 6.40. The van der Waals surface area contributed by atoms with E-state index in [1.807, 2.05) is 40.4 Å². The second-order valence-electron chi connectivity index (χ2n) is 5.56. The van der Waals surface area contributed by atoms with Gasteiger partial charge < -0.3 is 9.84 Å². The van der Waals surface area contributed by atoms with Crippen molar-refractivity contribution in [2.45, 2.75) is 12.6 Å². The summed E-state index contributed by atoms with van der Waals surface area (Å²) >= 11 is 11.9. The van der Waals surface area contributed by atoms with E-state index in [0.29, 0.717) is 28.3 Å². The normalized spacial score (nSPS) is 12.5. The summed E-state index contributed by atoms with van der Waals surface area (Å²) in [6, 6.07) is 12.8. The number of para-hydroxylation sites is 2. The molecule has 3 N–H and O–H groups in total. The molecular weight excluding hydrogens is 349 g/mol. The van der Waals surface area contributed by atoms with E-state index < -0.39 is 6.10 Å². The molecule has 0 aliphatic heterocycles. The topological polar surface area (TPSA) is 64.3 Å². The third-order valence-electron chi connectivity index (χ3n) is 3.87. The number of aliphatic hydroxyl groups excluding tert-OH is 1. The number of hydrogen-bond donors (Lipinski definition) is 2. The van der Waals surface area contributed by atoms with Crippen LogP contribution in [0.1, 0.15) is 0 Å². The molecule has 24 heavy (non-hydrogen) atoms. The Balaban J connectivity index is 1.73. The van der Waals surface area contributed by atoms with Crippen molar-refractivity contribution in [1.29, 1.82) is 0 Å². The maximum absolute atomic E-state index is 10.3. The van der Waals surface area contributed by atoms with Crippen molar-refractivity contribution in [3.63, 3.8) is 0 Å². The van der Waals surface area contributed by atoms with Gasteiger partial charge in [-0.15, -0.1) is 0 Å². The summed E-state index contributed by atoms with van der Waals surface area (Å²) in [5.74, 6) is 1.05. The molecule has 0 spiro atoms. The van der Waals surface area contributed by atoms with E-state index in [9.17, 15) is 5.11 Å². The molecule has 3 aromatic rings. The quantitative estimate of drug-likeness (QED) is 0.682. The first kappa shape index (κ1) is 16.9. The monoisotopic (exact) mass is 366 g/mol. The van der Waals surface area contributed by atoms with E-state index >= 15 is 0 Å². The van der Waals surface area contributed by atoms with Crippen molar-refractivity contribution in [2.24, 2.45) is 7.05 Å². The number of aliphatic hydroxyl groups is 1. The van der Waals surface area contributed by atoms with Crippen LogP contribution in [0, 0.1) is 0 Å². The molecule has 5 nitrogen and oxygen atoms in total. The highest BCUT2D eigenvalue weighted by molar-refractivity contribution is 6.35. The lowest BCUT2D eigenvalue weighted by molar-refractivity contribution is -0.630. The Hall–Kier alpha value is -1.95. The Morgan fingerprint density at radius 1 is 1.25 bits per heavy atom. The minimum absolute atomic E-state index is 0.0943. The number of nitrogens with two attached hydrogens (primary N) is 1. The van der Waals surface area contributed by atoms with Crippen LogP contribution >= 0.6 is 23.2 Å². The predicted molar refractivity (Wildman–Crippen MR) is 95.5 cm³/mol. The zero-order chi connectivity index (χ0) is 17.3. The molecule has 0 unspecified atom stereocenters. The highest BCUT2D eigenvalue weighted by Crippen LogP contribution is 2.27. The smallest absolute Gasteiger partial charge is 0.355 e. The van der Waals surface area contributed by atoms with E-state index in [2.05, 4.69) is 0 Å². The molecule has 0 amide bonds. The number of imidazole rings is 1. The number of ether oxygens (including phenoxy) is 1. The number of rotatable bonds is 5. The van der Waals surface area contributed by atoms with Gasteiger partial charge in [0.25, 0.3) is 0 Å². The molecule has 0 fully saturated rings. The van der Waals surface area contributed by atoms with Crippen LogP contribution in [-0.4, -0.2) is 22.4 Å². The number of nitrogens with zero attached hydrogens (tertiary/aromatic N) is 2. The van der Waals surface area contributed by atoms with E-state index in [1.165, 1.54) is 0 Å². The largest absolute Gasteiger partial charge is 0.489 e. The van der Waals surface area contributed by atoms with Crippen LogP contribution in [0.4, 0.5) is 5.95 Å². The molecule has 0 saturated carbocycles. The molecule has 0 bridgehead atoms. The predicted octanol–water partition coefficient (Wildman–Crippen LogP) is 2.79. The number of fused-ring (bicyclic) bond motifs is 1. The Bertz CT molecular complexity index is 880. The van der Waals surface area contributed by atoms with Gasteiger partial charge in [0.2, 0.25) is 0 Å². The van der Waals surface area contributed by atoms with E-state index in [0.717, 1.165) is 11.0 Å². The lowest BCUT2D eigenvalue weighted by atomic mass is 10.3. The number of nitrogen functional groups attached to an aromatic ring is 1. The summed E-state index contributed by atoms with van der Waals surface area (Å²) in [7, 11) is 1.89. The summed E-state index contributed by atoms with van der Waals surface area (Å²) in [4.78, 5) is 0. The molecule has 0 aliphatic carbocycles. The number of benzene rings is 2. The minimum Gasteiger partial charge on any atom is -0.489 e. The van der Waals surface area contributed by atoms with Crippen LogP contribution in [-0.2, 0) is 13.6 Å². The average Bonchev–Trinajstić information content (AvgIpc) is 2.79. The van der Waals surface area contributed by atoms with E-state index in [-0.39, 0.29) is 6.61 Å². The third kappa shape index (κ3) is 3.29. The van der Waals surface area contributed by atoms with Gasteiger partial charge in [0, 0.05) is 5.02 Å². The molecule has 0 aliphatic rings. The summed E-state index contributed by atoms with van der Waals surface area (Å²) < 4.78 is 9.34. The lowest BCUT2D eigenvalue weighted by Gasteiger charge is -2.13. The zero-order valence-corrected chi connectivity index (χ0v) is 14.6. The summed E-state index contributed by atoms with van der Waals surface area (Å²) in [5, 5.41) is 11.3. The number of aromatic nitrogens is 2. The highest BCUT2D eigenvalue weighted by Gasteiger charge is 2.21. The first-order valence-corrected chi connectivity index (χ1v) is 8.21. The SMILES string of the molecule is C[n+]1c(N)n(C[C@@H](O)COc2ccc(Cl)cc2Cl)c2ccccc21. The molecular formula is C17H18Cl2N3O2+. The summed E-state index contributed by atoms with van der Waals surface area (Å²) in [5.41, 5.74) is 8.11. The van der Waals surface area contributed by atoms with Gasteiger partial charge in [0.15, 0.2) is 0 Å². The van der Waals surface area contributed by atoms with E-state index in [1.54, 1.807) is 18.2 Å². The van der Waals surface area contributed by atoms with Gasteiger partial charge in [-0.3, -0.25) is 5.73 Å². The van der Waals surface area contributed by atoms with Crippen molar-refractivity contribution in [3.8, 4) is 5.75 Å². The standard InChI is InChI=1S/C17H17Cl2N3O2/c1-21-14-4-2-3-5-15(14)22(17(21)20)9-12(23)10-24-16-7-6-11(18)8-13(16)19/h2-8,12,20,23H,9-10H2,1H3/p+1/t12-/m1/s1. The Kier molecular flexibility index (Phi) is 4.85. The minimum atomic E-state index is -0.741. The maximum Gasteiger partial charge on any atom is 0.355 e. The van der Waals surface area contributed by atoms with Crippen LogP contribution in [0.2, 0.25) is 10.0 Å². The molecule has 0 saturated heterocycles. The lowest BCUT2D eigenvalue weighted by Crippen LogP contribution is -2.33. The summed E-state index contributed by atoms with van der Waals surface area (Å²) in [6.07, 6.45) is -0.741. The molecule has 2 aromatic carbocycles.